The van der Waals surface area contributed by atoms with Crippen LogP contribution in [0.4, 0.5) is 5.69 Å². The summed E-state index contributed by atoms with van der Waals surface area (Å²) in [6.45, 7) is 4.96. The fourth-order valence-corrected chi connectivity index (χ4v) is 1.47. The highest BCUT2D eigenvalue weighted by molar-refractivity contribution is 5.97. The van der Waals surface area contributed by atoms with Crippen LogP contribution >= 0.6 is 0 Å². The number of ether oxygens (including phenoxy) is 1. The highest BCUT2D eigenvalue weighted by atomic mass is 16.5. The second-order valence-electron chi connectivity index (χ2n) is 4.02. The summed E-state index contributed by atoms with van der Waals surface area (Å²) in [6, 6.07) is 6.83. The van der Waals surface area contributed by atoms with Crippen molar-refractivity contribution in [1.29, 1.82) is 0 Å². The molecular weight excluding hydrogens is 244 g/mol. The molecule has 104 valence electrons. The molecule has 0 fully saturated rings. The van der Waals surface area contributed by atoms with Crippen molar-refractivity contribution in [2.45, 2.75) is 20.3 Å². The molecule has 0 aliphatic heterocycles. The first-order valence-electron chi connectivity index (χ1n) is 6.43. The molecule has 0 aromatic heterocycles. The van der Waals surface area contributed by atoms with E-state index in [1.54, 1.807) is 24.3 Å². The monoisotopic (exact) mass is 264 g/mol. The Labute approximate surface area is 113 Å². The topological polar surface area (TPSA) is 67.4 Å². The van der Waals surface area contributed by atoms with E-state index in [9.17, 15) is 9.59 Å². The highest BCUT2D eigenvalue weighted by Crippen LogP contribution is 2.10. The van der Waals surface area contributed by atoms with Crippen molar-refractivity contribution in [2.75, 3.05) is 25.1 Å². The molecule has 2 amide bonds. The summed E-state index contributed by atoms with van der Waals surface area (Å²) in [6.07, 6.45) is 0.885. The lowest BCUT2D eigenvalue weighted by molar-refractivity contribution is -0.120. The molecule has 0 radical (unpaired) electrons. The van der Waals surface area contributed by atoms with Crippen molar-refractivity contribution >= 4 is 17.5 Å². The third kappa shape index (κ3) is 5.52. The van der Waals surface area contributed by atoms with Crippen LogP contribution in [0.5, 0.6) is 0 Å². The van der Waals surface area contributed by atoms with E-state index >= 15 is 0 Å². The molecule has 0 heterocycles. The standard InChI is InChI=1S/C14H20N2O3/c1-3-8-15-14(18)11-6-5-7-12(9-11)16-13(17)10-19-4-2/h5-7,9H,3-4,8,10H2,1-2H3,(H,15,18)(H,16,17). The van der Waals surface area contributed by atoms with Gasteiger partial charge in [0.25, 0.3) is 5.91 Å². The van der Waals surface area contributed by atoms with Crippen LogP contribution in [-0.4, -0.2) is 31.6 Å². The van der Waals surface area contributed by atoms with Crippen LogP contribution in [0.1, 0.15) is 30.6 Å². The summed E-state index contributed by atoms with van der Waals surface area (Å²) < 4.78 is 5.01. The zero-order valence-corrected chi connectivity index (χ0v) is 11.4. The quantitative estimate of drug-likeness (QED) is 0.789. The molecule has 0 aliphatic rings. The molecule has 0 saturated carbocycles. The van der Waals surface area contributed by atoms with E-state index in [1.807, 2.05) is 13.8 Å². The molecule has 0 unspecified atom stereocenters. The normalized spacial score (nSPS) is 10.0. The van der Waals surface area contributed by atoms with Crippen molar-refractivity contribution in [1.82, 2.24) is 5.32 Å². The average Bonchev–Trinajstić information content (AvgIpc) is 2.42. The summed E-state index contributed by atoms with van der Waals surface area (Å²) in [5.41, 5.74) is 1.12. The lowest BCUT2D eigenvalue weighted by atomic mass is 10.2. The van der Waals surface area contributed by atoms with E-state index in [0.29, 0.717) is 24.4 Å². The molecule has 19 heavy (non-hydrogen) atoms. The van der Waals surface area contributed by atoms with Crippen LogP contribution in [-0.2, 0) is 9.53 Å². The van der Waals surface area contributed by atoms with Crippen molar-refractivity contribution in [2.24, 2.45) is 0 Å². The lowest BCUT2D eigenvalue weighted by Gasteiger charge is -2.08. The third-order valence-corrected chi connectivity index (χ3v) is 2.38. The molecule has 5 nitrogen and oxygen atoms in total. The van der Waals surface area contributed by atoms with Gasteiger partial charge in [-0.2, -0.15) is 0 Å². The lowest BCUT2D eigenvalue weighted by Crippen LogP contribution is -2.24. The number of anilines is 1. The van der Waals surface area contributed by atoms with Crippen molar-refractivity contribution in [3.05, 3.63) is 29.8 Å². The largest absolute Gasteiger partial charge is 0.372 e. The first kappa shape index (κ1) is 15.2. The molecule has 1 rings (SSSR count). The van der Waals surface area contributed by atoms with Gasteiger partial charge in [0.15, 0.2) is 0 Å². The van der Waals surface area contributed by atoms with E-state index in [0.717, 1.165) is 6.42 Å². The summed E-state index contributed by atoms with van der Waals surface area (Å²) >= 11 is 0. The molecule has 0 saturated heterocycles. The zero-order chi connectivity index (χ0) is 14.1. The van der Waals surface area contributed by atoms with Gasteiger partial charge in [0, 0.05) is 24.4 Å². The molecule has 0 bridgehead atoms. The van der Waals surface area contributed by atoms with E-state index in [-0.39, 0.29) is 18.4 Å². The van der Waals surface area contributed by atoms with Crippen LogP contribution in [0.15, 0.2) is 24.3 Å². The Bertz CT molecular complexity index is 432. The second kappa shape index (κ2) is 8.26. The maximum absolute atomic E-state index is 11.8. The Morgan fingerprint density at radius 3 is 2.74 bits per heavy atom. The minimum Gasteiger partial charge on any atom is -0.372 e. The predicted octanol–water partition coefficient (Wildman–Crippen LogP) is 1.80. The fraction of sp³-hybridized carbons (Fsp3) is 0.429. The van der Waals surface area contributed by atoms with E-state index in [4.69, 9.17) is 4.74 Å². The number of hydrogen-bond acceptors (Lipinski definition) is 3. The average molecular weight is 264 g/mol. The molecule has 1 aromatic rings. The summed E-state index contributed by atoms with van der Waals surface area (Å²) in [5, 5.41) is 5.47. The predicted molar refractivity (Wildman–Crippen MR) is 74.2 cm³/mol. The van der Waals surface area contributed by atoms with Gasteiger partial charge in [0.1, 0.15) is 6.61 Å². The van der Waals surface area contributed by atoms with Crippen LogP contribution in [0.2, 0.25) is 0 Å². The van der Waals surface area contributed by atoms with Crippen molar-refractivity contribution < 1.29 is 14.3 Å². The number of carbonyl (C=O) groups excluding carboxylic acids is 2. The van der Waals surface area contributed by atoms with Gasteiger partial charge in [0.2, 0.25) is 5.91 Å². The summed E-state index contributed by atoms with van der Waals surface area (Å²) in [7, 11) is 0. The third-order valence-electron chi connectivity index (χ3n) is 2.38. The van der Waals surface area contributed by atoms with Crippen molar-refractivity contribution in [3.63, 3.8) is 0 Å². The molecule has 0 aliphatic carbocycles. The Hall–Kier alpha value is -1.88. The fourth-order valence-electron chi connectivity index (χ4n) is 1.47. The minimum absolute atomic E-state index is 0.0166. The van der Waals surface area contributed by atoms with Crippen molar-refractivity contribution in [3.8, 4) is 0 Å². The number of nitrogens with one attached hydrogen (secondary N) is 2. The Balaban J connectivity index is 2.61. The number of benzene rings is 1. The molecule has 2 N–H and O–H groups in total. The van der Waals surface area contributed by atoms with E-state index in [2.05, 4.69) is 10.6 Å². The summed E-state index contributed by atoms with van der Waals surface area (Å²) in [5.74, 6) is -0.365. The minimum atomic E-state index is -0.229. The van der Waals surface area contributed by atoms with Gasteiger partial charge in [-0.15, -0.1) is 0 Å². The van der Waals surface area contributed by atoms with E-state index < -0.39 is 0 Å². The SMILES string of the molecule is CCCNC(=O)c1cccc(NC(=O)COCC)c1. The molecule has 0 atom stereocenters. The number of amides is 2. The van der Waals surface area contributed by atoms with Gasteiger partial charge >= 0.3 is 0 Å². The number of carbonyl (C=O) groups is 2. The van der Waals surface area contributed by atoms with Gasteiger partial charge in [-0.05, 0) is 31.5 Å². The van der Waals surface area contributed by atoms with Crippen LogP contribution in [0, 0.1) is 0 Å². The Morgan fingerprint density at radius 1 is 1.26 bits per heavy atom. The maximum Gasteiger partial charge on any atom is 0.251 e. The zero-order valence-electron chi connectivity index (χ0n) is 11.4. The maximum atomic E-state index is 11.8. The first-order valence-corrected chi connectivity index (χ1v) is 6.43. The van der Waals surface area contributed by atoms with Gasteiger partial charge in [-0.3, -0.25) is 9.59 Å². The van der Waals surface area contributed by atoms with Crippen LogP contribution in [0.25, 0.3) is 0 Å². The van der Waals surface area contributed by atoms with Gasteiger partial charge in [-0.25, -0.2) is 0 Å². The molecule has 1 aromatic carbocycles. The van der Waals surface area contributed by atoms with Crippen LogP contribution < -0.4 is 10.6 Å². The van der Waals surface area contributed by atoms with Gasteiger partial charge in [0.05, 0.1) is 0 Å². The molecule has 0 spiro atoms. The summed E-state index contributed by atoms with van der Waals surface area (Å²) in [4.78, 5) is 23.3. The molecule has 5 heteroatoms. The van der Waals surface area contributed by atoms with E-state index in [1.165, 1.54) is 0 Å². The van der Waals surface area contributed by atoms with Gasteiger partial charge < -0.3 is 15.4 Å². The van der Waals surface area contributed by atoms with Gasteiger partial charge in [-0.1, -0.05) is 13.0 Å². The first-order chi connectivity index (χ1) is 9.17. The Kier molecular flexibility index (Phi) is 6.60. The highest BCUT2D eigenvalue weighted by Gasteiger charge is 2.07. The Morgan fingerprint density at radius 2 is 2.05 bits per heavy atom. The molecular formula is C14H20N2O3. The number of hydrogen-bond donors (Lipinski definition) is 2. The number of rotatable bonds is 7. The second-order valence-corrected chi connectivity index (χ2v) is 4.02. The smallest absolute Gasteiger partial charge is 0.251 e. The van der Waals surface area contributed by atoms with Crippen LogP contribution in [0.3, 0.4) is 0 Å².